The molecule has 4 nitrogen and oxygen atoms in total. The number of carbonyl (C=O) groups is 1. The Hall–Kier alpha value is -1.49. The lowest BCUT2D eigenvalue weighted by Gasteiger charge is -2.47. The maximum absolute atomic E-state index is 12.5. The van der Waals surface area contributed by atoms with Crippen molar-refractivity contribution in [1.82, 2.24) is 0 Å². The van der Waals surface area contributed by atoms with Gasteiger partial charge in [-0.25, -0.2) is 0 Å². The minimum absolute atomic E-state index is 0.212. The van der Waals surface area contributed by atoms with E-state index in [2.05, 4.69) is 42.8 Å². The number of halogens is 1. The second kappa shape index (κ2) is 7.16. The summed E-state index contributed by atoms with van der Waals surface area (Å²) in [5.41, 5.74) is 1.72. The van der Waals surface area contributed by atoms with Gasteiger partial charge in [0, 0.05) is 22.7 Å². The van der Waals surface area contributed by atoms with E-state index in [0.29, 0.717) is 29.2 Å². The predicted molar refractivity (Wildman–Crippen MR) is 110 cm³/mol. The highest BCUT2D eigenvalue weighted by Crippen LogP contribution is 2.54. The van der Waals surface area contributed by atoms with Crippen LogP contribution in [0.15, 0.2) is 23.8 Å². The first-order chi connectivity index (χ1) is 12.6. The van der Waals surface area contributed by atoms with Crippen molar-refractivity contribution in [2.75, 3.05) is 11.9 Å². The second-order valence-electron chi connectivity index (χ2n) is 8.77. The van der Waals surface area contributed by atoms with E-state index in [0.717, 1.165) is 18.4 Å². The number of hydrogen-bond acceptors (Lipinski definition) is 4. The molecule has 1 aromatic rings. The monoisotopic (exact) mass is 436 g/mol. The van der Waals surface area contributed by atoms with Crippen molar-refractivity contribution in [3.05, 3.63) is 34.9 Å². The summed E-state index contributed by atoms with van der Waals surface area (Å²) in [5, 5.41) is 11.5. The van der Waals surface area contributed by atoms with Crippen LogP contribution in [0.4, 0.5) is 0 Å². The smallest absolute Gasteiger partial charge is 0.316 e. The zero-order valence-electron chi connectivity index (χ0n) is 16.8. The predicted octanol–water partition coefficient (Wildman–Crippen LogP) is 5.22. The van der Waals surface area contributed by atoms with E-state index in [1.54, 1.807) is 6.07 Å². The number of carbonyl (C=O) groups excluding carboxylic acids is 1. The van der Waals surface area contributed by atoms with E-state index in [1.807, 2.05) is 19.9 Å². The molecular formula is C22H29BrO4. The molecule has 5 heteroatoms. The molecule has 0 aromatic heterocycles. The number of esters is 1. The number of phenolic OH excluding ortho intramolecular Hbond substituents is 1. The Balaban J connectivity index is 2.04. The van der Waals surface area contributed by atoms with E-state index < -0.39 is 5.41 Å². The van der Waals surface area contributed by atoms with Gasteiger partial charge in [-0.3, -0.25) is 4.79 Å². The van der Waals surface area contributed by atoms with Crippen molar-refractivity contribution in [2.45, 2.75) is 64.4 Å². The van der Waals surface area contributed by atoms with Crippen molar-refractivity contribution < 1.29 is 19.4 Å². The third-order valence-electron chi connectivity index (χ3n) is 6.05. The molecule has 0 unspecified atom stereocenters. The number of aromatic hydroxyl groups is 1. The quantitative estimate of drug-likeness (QED) is 0.399. The molecule has 0 bridgehead atoms. The first-order valence-electron chi connectivity index (χ1n) is 9.53. The first kappa shape index (κ1) is 20.2. The Morgan fingerprint density at radius 1 is 1.41 bits per heavy atom. The fourth-order valence-electron chi connectivity index (χ4n) is 4.35. The number of fused-ring (bicyclic) bond motifs is 3. The van der Waals surface area contributed by atoms with Gasteiger partial charge in [0.2, 0.25) is 0 Å². The van der Waals surface area contributed by atoms with Crippen LogP contribution in [-0.4, -0.2) is 28.6 Å². The van der Waals surface area contributed by atoms with Gasteiger partial charge in [0.1, 0.15) is 23.7 Å². The largest absolute Gasteiger partial charge is 0.508 e. The molecule has 1 N–H and O–H groups in total. The molecule has 27 heavy (non-hydrogen) atoms. The molecule has 0 fully saturated rings. The maximum Gasteiger partial charge on any atom is 0.316 e. The number of allylic oxidation sites excluding steroid dienone is 2. The average Bonchev–Trinajstić information content (AvgIpc) is 2.58. The molecule has 0 saturated carbocycles. The summed E-state index contributed by atoms with van der Waals surface area (Å²) in [6, 6.07) is 3.62. The van der Waals surface area contributed by atoms with Gasteiger partial charge in [-0.1, -0.05) is 27.6 Å². The number of phenols is 1. The van der Waals surface area contributed by atoms with Gasteiger partial charge in [0.15, 0.2) is 0 Å². The van der Waals surface area contributed by atoms with Crippen LogP contribution in [0.2, 0.25) is 0 Å². The van der Waals surface area contributed by atoms with Gasteiger partial charge >= 0.3 is 5.97 Å². The van der Waals surface area contributed by atoms with E-state index in [-0.39, 0.29) is 23.2 Å². The molecular weight excluding hydrogens is 408 g/mol. The first-order valence-corrected chi connectivity index (χ1v) is 10.6. The van der Waals surface area contributed by atoms with Crippen LogP contribution < -0.4 is 4.74 Å². The van der Waals surface area contributed by atoms with Crippen molar-refractivity contribution in [1.29, 1.82) is 0 Å². The molecule has 2 atom stereocenters. The molecule has 0 amide bonds. The summed E-state index contributed by atoms with van der Waals surface area (Å²) in [6.07, 6.45) is 4.16. The van der Waals surface area contributed by atoms with Crippen molar-refractivity contribution in [3.63, 3.8) is 0 Å². The Morgan fingerprint density at radius 3 is 2.78 bits per heavy atom. The molecule has 148 valence electrons. The fraction of sp³-hybridized carbons (Fsp3) is 0.591. The Bertz CT molecular complexity index is 779. The highest BCUT2D eigenvalue weighted by Gasteiger charge is 2.46. The van der Waals surface area contributed by atoms with Crippen LogP contribution in [0.25, 0.3) is 0 Å². The zero-order valence-corrected chi connectivity index (χ0v) is 18.4. The van der Waals surface area contributed by atoms with Crippen LogP contribution in [-0.2, 0) is 14.9 Å². The lowest BCUT2D eigenvalue weighted by molar-refractivity contribution is -0.148. The standard InChI is InChI=1S/C22H29BrO4/c1-13-6-7-16-15(10-13)19-17(24)11-14(12-18(19)27-22(16,4)5)21(2,3)20(25)26-9-8-23/h6,11-12,15-16,24H,7-10H2,1-5H3/t15-,16-/m1/s1. The SMILES string of the molecule is CC1=CC[C@@H]2[C@@H](C1)c1c(O)cc(C(C)(C)C(=O)OCCBr)cc1OC2(C)C. The topological polar surface area (TPSA) is 55.8 Å². The molecule has 0 radical (unpaired) electrons. The summed E-state index contributed by atoms with van der Waals surface area (Å²) < 4.78 is 11.7. The van der Waals surface area contributed by atoms with Gasteiger partial charge in [-0.2, -0.15) is 0 Å². The third kappa shape index (κ3) is 3.63. The molecule has 2 aliphatic rings. The van der Waals surface area contributed by atoms with E-state index in [4.69, 9.17) is 9.47 Å². The van der Waals surface area contributed by atoms with Gasteiger partial charge in [-0.05, 0) is 65.2 Å². The minimum atomic E-state index is -0.874. The van der Waals surface area contributed by atoms with Gasteiger partial charge in [0.25, 0.3) is 0 Å². The number of rotatable bonds is 4. The maximum atomic E-state index is 12.5. The van der Waals surface area contributed by atoms with Crippen LogP contribution in [0.1, 0.15) is 64.5 Å². The zero-order chi connectivity index (χ0) is 20.0. The van der Waals surface area contributed by atoms with Crippen LogP contribution >= 0.6 is 15.9 Å². The Morgan fingerprint density at radius 2 is 2.11 bits per heavy atom. The normalized spacial score (nSPS) is 23.6. The summed E-state index contributed by atoms with van der Waals surface area (Å²) in [7, 11) is 0. The summed E-state index contributed by atoms with van der Waals surface area (Å²) in [5.74, 6) is 1.13. The van der Waals surface area contributed by atoms with Gasteiger partial charge in [0.05, 0.1) is 5.41 Å². The molecule has 3 rings (SSSR count). The Labute approximate surface area is 170 Å². The highest BCUT2D eigenvalue weighted by molar-refractivity contribution is 9.09. The molecule has 1 aliphatic heterocycles. The third-order valence-corrected chi connectivity index (χ3v) is 6.37. The van der Waals surface area contributed by atoms with Crippen molar-refractivity contribution in [2.24, 2.45) is 5.92 Å². The Kier molecular flexibility index (Phi) is 5.37. The summed E-state index contributed by atoms with van der Waals surface area (Å²) >= 11 is 3.27. The van der Waals surface area contributed by atoms with E-state index >= 15 is 0 Å². The summed E-state index contributed by atoms with van der Waals surface area (Å²) in [4.78, 5) is 12.5. The van der Waals surface area contributed by atoms with Crippen molar-refractivity contribution in [3.8, 4) is 11.5 Å². The molecule has 1 aromatic carbocycles. The lowest BCUT2D eigenvalue weighted by Crippen LogP contribution is -2.45. The number of ether oxygens (including phenoxy) is 2. The fourth-order valence-corrected chi connectivity index (χ4v) is 4.52. The van der Waals surface area contributed by atoms with Crippen LogP contribution in [0, 0.1) is 5.92 Å². The number of benzene rings is 1. The van der Waals surface area contributed by atoms with E-state index in [9.17, 15) is 9.90 Å². The van der Waals surface area contributed by atoms with E-state index in [1.165, 1.54) is 5.57 Å². The van der Waals surface area contributed by atoms with Crippen LogP contribution in [0.3, 0.4) is 0 Å². The molecule has 1 aliphatic carbocycles. The van der Waals surface area contributed by atoms with Gasteiger partial charge in [-0.15, -0.1) is 0 Å². The van der Waals surface area contributed by atoms with Crippen molar-refractivity contribution >= 4 is 21.9 Å². The lowest BCUT2D eigenvalue weighted by atomic mass is 9.67. The number of hydrogen-bond donors (Lipinski definition) is 1. The highest BCUT2D eigenvalue weighted by atomic mass is 79.9. The second-order valence-corrected chi connectivity index (χ2v) is 9.56. The summed E-state index contributed by atoms with van der Waals surface area (Å²) in [6.45, 7) is 10.3. The molecule has 0 saturated heterocycles. The number of alkyl halides is 1. The van der Waals surface area contributed by atoms with Crippen LogP contribution in [0.5, 0.6) is 11.5 Å². The average molecular weight is 437 g/mol. The molecule has 1 heterocycles. The minimum Gasteiger partial charge on any atom is -0.508 e. The van der Waals surface area contributed by atoms with Gasteiger partial charge < -0.3 is 14.6 Å². The molecule has 0 spiro atoms.